The lowest BCUT2D eigenvalue weighted by Crippen LogP contribution is -2.02. The lowest BCUT2D eigenvalue weighted by molar-refractivity contribution is 0.618. The second-order valence-corrected chi connectivity index (χ2v) is 4.53. The maximum absolute atomic E-state index is 13.3. The van der Waals surface area contributed by atoms with E-state index in [-0.39, 0.29) is 5.82 Å². The van der Waals surface area contributed by atoms with E-state index in [1.54, 1.807) is 12.3 Å². The summed E-state index contributed by atoms with van der Waals surface area (Å²) >= 11 is 7.59. The van der Waals surface area contributed by atoms with Gasteiger partial charge in [0, 0.05) is 12.3 Å². The van der Waals surface area contributed by atoms with Crippen LogP contribution in [-0.2, 0) is 0 Å². The number of halogens is 3. The zero-order valence-corrected chi connectivity index (χ0v) is 10.3. The van der Waals surface area contributed by atoms with Gasteiger partial charge in [0.05, 0.1) is 26.2 Å². The van der Waals surface area contributed by atoms with Crippen molar-refractivity contribution in [3.05, 3.63) is 38.9 Å². The molecule has 78 valence electrons. The Bertz CT molecular complexity index is 512. The van der Waals surface area contributed by atoms with Gasteiger partial charge in [-0.25, -0.2) is 9.07 Å². The van der Waals surface area contributed by atoms with E-state index >= 15 is 0 Å². The minimum absolute atomic E-state index is 0.327. The van der Waals surface area contributed by atoms with Crippen LogP contribution in [0.25, 0.3) is 5.69 Å². The molecule has 6 heteroatoms. The van der Waals surface area contributed by atoms with Crippen LogP contribution in [0.3, 0.4) is 0 Å². The maximum Gasteiger partial charge on any atom is 0.138 e. The van der Waals surface area contributed by atoms with Gasteiger partial charge in [-0.2, -0.15) is 5.10 Å². The zero-order chi connectivity index (χ0) is 11.0. The van der Waals surface area contributed by atoms with Gasteiger partial charge < -0.3 is 5.73 Å². The van der Waals surface area contributed by atoms with Crippen LogP contribution >= 0.6 is 34.2 Å². The zero-order valence-electron chi connectivity index (χ0n) is 7.42. The third-order valence-corrected chi connectivity index (χ3v) is 2.89. The molecule has 0 bridgehead atoms. The molecule has 2 N–H and O–H groups in total. The lowest BCUT2D eigenvalue weighted by atomic mass is 10.2. The van der Waals surface area contributed by atoms with Crippen molar-refractivity contribution in [2.75, 3.05) is 5.73 Å². The normalized spacial score (nSPS) is 10.6. The van der Waals surface area contributed by atoms with E-state index in [4.69, 9.17) is 17.3 Å². The van der Waals surface area contributed by atoms with Crippen LogP contribution in [0.5, 0.6) is 0 Å². The highest BCUT2D eigenvalue weighted by atomic mass is 127. The summed E-state index contributed by atoms with van der Waals surface area (Å²) < 4.78 is 15.2. The number of nitrogen functional groups attached to an aromatic ring is 1. The Morgan fingerprint density at radius 3 is 2.80 bits per heavy atom. The van der Waals surface area contributed by atoms with Crippen molar-refractivity contribution in [3.8, 4) is 5.69 Å². The fourth-order valence-corrected chi connectivity index (χ4v) is 1.81. The topological polar surface area (TPSA) is 43.8 Å². The number of hydrogen-bond acceptors (Lipinski definition) is 2. The molecule has 0 unspecified atom stereocenters. The van der Waals surface area contributed by atoms with Crippen molar-refractivity contribution >= 4 is 39.9 Å². The monoisotopic (exact) mass is 337 g/mol. The van der Waals surface area contributed by atoms with E-state index < -0.39 is 0 Å². The summed E-state index contributed by atoms with van der Waals surface area (Å²) in [7, 11) is 0. The van der Waals surface area contributed by atoms with Crippen LogP contribution in [0.2, 0.25) is 5.02 Å². The fourth-order valence-electron chi connectivity index (χ4n) is 1.18. The summed E-state index contributed by atoms with van der Waals surface area (Å²) in [6.45, 7) is 0. The van der Waals surface area contributed by atoms with Crippen molar-refractivity contribution in [1.29, 1.82) is 0 Å². The van der Waals surface area contributed by atoms with Gasteiger partial charge in [0.15, 0.2) is 0 Å². The van der Waals surface area contributed by atoms with Crippen LogP contribution in [-0.4, -0.2) is 9.78 Å². The molecular formula is C9H6ClFIN3. The molecule has 0 spiro atoms. The molecule has 0 saturated heterocycles. The summed E-state index contributed by atoms with van der Waals surface area (Å²) in [5.74, 6) is -0.327. The SMILES string of the molecule is Nc1cc(I)c(F)cc1-n1cc(Cl)cn1. The summed E-state index contributed by atoms with van der Waals surface area (Å²) in [6.07, 6.45) is 3.04. The minimum atomic E-state index is -0.327. The number of nitrogens with zero attached hydrogens (tertiary/aromatic N) is 2. The van der Waals surface area contributed by atoms with Gasteiger partial charge in [0.1, 0.15) is 5.82 Å². The molecule has 1 heterocycles. The molecule has 0 aliphatic heterocycles. The van der Waals surface area contributed by atoms with E-state index in [1.807, 2.05) is 22.6 Å². The highest BCUT2D eigenvalue weighted by molar-refractivity contribution is 14.1. The number of anilines is 1. The average molecular weight is 338 g/mol. The van der Waals surface area contributed by atoms with Gasteiger partial charge in [0.2, 0.25) is 0 Å². The van der Waals surface area contributed by atoms with E-state index in [1.165, 1.54) is 16.9 Å². The number of nitrogens with two attached hydrogens (primary N) is 1. The molecule has 0 aliphatic carbocycles. The fraction of sp³-hybridized carbons (Fsp3) is 0. The molecular weight excluding hydrogens is 331 g/mol. The quantitative estimate of drug-likeness (QED) is 0.642. The maximum atomic E-state index is 13.3. The van der Waals surface area contributed by atoms with Crippen molar-refractivity contribution in [1.82, 2.24) is 9.78 Å². The molecule has 0 radical (unpaired) electrons. The first-order chi connectivity index (χ1) is 7.08. The van der Waals surface area contributed by atoms with Crippen LogP contribution in [0.15, 0.2) is 24.5 Å². The average Bonchev–Trinajstić information content (AvgIpc) is 2.58. The number of benzene rings is 1. The van der Waals surface area contributed by atoms with E-state index in [0.717, 1.165) is 0 Å². The molecule has 0 saturated carbocycles. The van der Waals surface area contributed by atoms with Crippen molar-refractivity contribution in [2.24, 2.45) is 0 Å². The molecule has 1 aromatic heterocycles. The molecule has 0 fully saturated rings. The molecule has 1 aromatic carbocycles. The standard InChI is InChI=1S/C9H6ClFIN3/c10-5-3-14-15(4-5)9-1-6(11)7(12)2-8(9)13/h1-4H,13H2. The van der Waals surface area contributed by atoms with Gasteiger partial charge in [-0.15, -0.1) is 0 Å². The second kappa shape index (κ2) is 3.97. The molecule has 2 rings (SSSR count). The first kappa shape index (κ1) is 10.7. The second-order valence-electron chi connectivity index (χ2n) is 2.93. The van der Waals surface area contributed by atoms with Crippen LogP contribution in [0.1, 0.15) is 0 Å². The van der Waals surface area contributed by atoms with Crippen molar-refractivity contribution in [3.63, 3.8) is 0 Å². The van der Waals surface area contributed by atoms with E-state index in [0.29, 0.717) is 20.0 Å². The van der Waals surface area contributed by atoms with Crippen molar-refractivity contribution in [2.45, 2.75) is 0 Å². The van der Waals surface area contributed by atoms with Crippen LogP contribution in [0, 0.1) is 9.39 Å². The van der Waals surface area contributed by atoms with Crippen LogP contribution < -0.4 is 5.73 Å². The Labute approximate surface area is 104 Å². The minimum Gasteiger partial charge on any atom is -0.397 e. The molecule has 0 atom stereocenters. The Hall–Kier alpha value is -0.820. The first-order valence-corrected chi connectivity index (χ1v) is 5.48. The van der Waals surface area contributed by atoms with E-state index in [2.05, 4.69) is 5.10 Å². The predicted octanol–water partition coefficient (Wildman–Crippen LogP) is 2.85. The molecule has 2 aromatic rings. The Morgan fingerprint density at radius 1 is 1.47 bits per heavy atom. The Kier molecular flexibility index (Phi) is 2.83. The third-order valence-electron chi connectivity index (χ3n) is 1.87. The molecule has 0 aliphatic rings. The van der Waals surface area contributed by atoms with E-state index in [9.17, 15) is 4.39 Å². The molecule has 0 amide bonds. The van der Waals surface area contributed by atoms with Gasteiger partial charge in [0.25, 0.3) is 0 Å². The third kappa shape index (κ3) is 2.07. The molecule has 15 heavy (non-hydrogen) atoms. The summed E-state index contributed by atoms with van der Waals surface area (Å²) in [5.41, 5.74) is 6.70. The summed E-state index contributed by atoms with van der Waals surface area (Å²) in [5, 5.41) is 4.43. The predicted molar refractivity (Wildman–Crippen MR) is 65.7 cm³/mol. The van der Waals surface area contributed by atoms with Gasteiger partial charge in [-0.3, -0.25) is 0 Å². The number of hydrogen-bond donors (Lipinski definition) is 1. The van der Waals surface area contributed by atoms with Crippen molar-refractivity contribution < 1.29 is 4.39 Å². The van der Waals surface area contributed by atoms with Crippen LogP contribution in [0.4, 0.5) is 10.1 Å². The van der Waals surface area contributed by atoms with Gasteiger partial charge in [-0.05, 0) is 28.7 Å². The Balaban J connectivity index is 2.58. The molecule has 3 nitrogen and oxygen atoms in total. The summed E-state index contributed by atoms with van der Waals surface area (Å²) in [4.78, 5) is 0. The first-order valence-electron chi connectivity index (χ1n) is 4.03. The number of rotatable bonds is 1. The lowest BCUT2D eigenvalue weighted by Gasteiger charge is -2.06. The highest BCUT2D eigenvalue weighted by Gasteiger charge is 2.08. The number of aromatic nitrogens is 2. The largest absolute Gasteiger partial charge is 0.397 e. The Morgan fingerprint density at radius 2 is 2.20 bits per heavy atom. The smallest absolute Gasteiger partial charge is 0.138 e. The summed E-state index contributed by atoms with van der Waals surface area (Å²) in [6, 6.07) is 2.89. The van der Waals surface area contributed by atoms with Gasteiger partial charge >= 0.3 is 0 Å². The highest BCUT2D eigenvalue weighted by Crippen LogP contribution is 2.23. The van der Waals surface area contributed by atoms with Gasteiger partial charge in [-0.1, -0.05) is 11.6 Å².